The Bertz CT molecular complexity index is 585. The van der Waals surface area contributed by atoms with Gasteiger partial charge in [0.2, 0.25) is 0 Å². The molecule has 2 aromatic rings. The second-order valence-electron chi connectivity index (χ2n) is 5.34. The fraction of sp³-hybridized carbons (Fsp3) is 0.357. The van der Waals surface area contributed by atoms with Crippen molar-refractivity contribution >= 4 is 38.4 Å². The molecule has 1 aromatic heterocycles. The number of halogens is 2. The Morgan fingerprint density at radius 2 is 1.88 bits per heavy atom. The van der Waals surface area contributed by atoms with Gasteiger partial charge in [0.05, 0.1) is 5.52 Å². The molecule has 0 spiro atoms. The predicted molar refractivity (Wildman–Crippen MR) is 77.9 cm³/mol. The van der Waals surface area contributed by atoms with Gasteiger partial charge in [-0.25, -0.2) is 4.98 Å². The van der Waals surface area contributed by atoms with Crippen LogP contribution in [0.3, 0.4) is 0 Å². The smallest absolute Gasteiger partial charge is 0.133 e. The summed E-state index contributed by atoms with van der Waals surface area (Å²) in [4.78, 5) is 4.54. The number of fused-ring (bicyclic) bond motifs is 1. The molecule has 0 bridgehead atoms. The second-order valence-corrected chi connectivity index (χ2v) is 6.55. The Morgan fingerprint density at radius 1 is 1.24 bits per heavy atom. The van der Waals surface area contributed by atoms with Crippen molar-refractivity contribution in [3.63, 3.8) is 0 Å². The van der Waals surface area contributed by atoms with E-state index in [2.05, 4.69) is 60.7 Å². The van der Waals surface area contributed by atoms with Crippen LogP contribution in [0.2, 0.25) is 5.15 Å². The number of pyridine rings is 1. The van der Waals surface area contributed by atoms with E-state index in [1.807, 2.05) is 6.07 Å². The van der Waals surface area contributed by atoms with Crippen molar-refractivity contribution in [2.24, 2.45) is 0 Å². The third-order valence-corrected chi connectivity index (χ3v) is 3.87. The Labute approximate surface area is 115 Å². The van der Waals surface area contributed by atoms with Gasteiger partial charge in [0.25, 0.3) is 0 Å². The number of aryl methyl sites for hydroxylation is 1. The lowest BCUT2D eigenvalue weighted by Crippen LogP contribution is -2.12. The van der Waals surface area contributed by atoms with Gasteiger partial charge in [0.15, 0.2) is 0 Å². The summed E-state index contributed by atoms with van der Waals surface area (Å²) < 4.78 is 1.06. The van der Waals surface area contributed by atoms with Gasteiger partial charge in [-0.05, 0) is 35.6 Å². The molecule has 0 atom stereocenters. The number of hydrogen-bond donors (Lipinski definition) is 0. The van der Waals surface area contributed by atoms with Gasteiger partial charge in [-0.1, -0.05) is 54.4 Å². The van der Waals surface area contributed by atoms with Crippen LogP contribution in [0.4, 0.5) is 0 Å². The average Bonchev–Trinajstić information content (AvgIpc) is 2.21. The van der Waals surface area contributed by atoms with E-state index in [1.165, 1.54) is 0 Å². The van der Waals surface area contributed by atoms with Crippen molar-refractivity contribution in [3.05, 3.63) is 39.0 Å². The Hall–Kier alpha value is -0.600. The van der Waals surface area contributed by atoms with Crippen molar-refractivity contribution in [2.45, 2.75) is 33.1 Å². The highest BCUT2D eigenvalue weighted by Gasteiger charge is 2.20. The van der Waals surface area contributed by atoms with E-state index in [9.17, 15) is 0 Å². The highest BCUT2D eigenvalue weighted by Crippen LogP contribution is 2.34. The van der Waals surface area contributed by atoms with Crippen molar-refractivity contribution in [3.8, 4) is 0 Å². The normalized spacial score (nSPS) is 12.1. The zero-order valence-electron chi connectivity index (χ0n) is 10.4. The fourth-order valence-corrected chi connectivity index (χ4v) is 2.72. The molecule has 2 rings (SSSR count). The molecule has 0 aliphatic rings. The molecule has 0 fully saturated rings. The molecule has 17 heavy (non-hydrogen) atoms. The lowest BCUT2D eigenvalue weighted by molar-refractivity contribution is 0.589. The highest BCUT2D eigenvalue weighted by atomic mass is 79.9. The van der Waals surface area contributed by atoms with Gasteiger partial charge < -0.3 is 0 Å². The van der Waals surface area contributed by atoms with Gasteiger partial charge >= 0.3 is 0 Å². The maximum atomic E-state index is 6.29. The first-order valence-electron chi connectivity index (χ1n) is 5.56. The molecule has 0 saturated carbocycles. The highest BCUT2D eigenvalue weighted by molar-refractivity contribution is 9.10. The summed E-state index contributed by atoms with van der Waals surface area (Å²) in [5, 5.41) is 1.73. The fourth-order valence-electron chi connectivity index (χ4n) is 1.87. The molecular weight excluding hydrogens is 298 g/mol. The van der Waals surface area contributed by atoms with E-state index < -0.39 is 0 Å². The Morgan fingerprint density at radius 3 is 2.47 bits per heavy atom. The summed E-state index contributed by atoms with van der Waals surface area (Å²) in [6, 6.07) is 6.24. The molecule has 0 radical (unpaired) electrons. The Kier molecular flexibility index (Phi) is 3.21. The van der Waals surface area contributed by atoms with Crippen LogP contribution in [0.15, 0.2) is 22.7 Å². The van der Waals surface area contributed by atoms with E-state index >= 15 is 0 Å². The number of nitrogens with zero attached hydrogens (tertiary/aromatic N) is 1. The molecule has 0 N–H and O–H groups in total. The standard InChI is InChI=1S/C14H15BrClN/c1-8-5-6-11(15)9-7-10(14(2,3)4)13(16)17-12(8)9/h5-7H,1-4H3. The van der Waals surface area contributed by atoms with Crippen LogP contribution < -0.4 is 0 Å². The third-order valence-electron chi connectivity index (χ3n) is 2.89. The molecule has 0 aliphatic heterocycles. The van der Waals surface area contributed by atoms with Crippen LogP contribution in [-0.2, 0) is 5.41 Å². The van der Waals surface area contributed by atoms with E-state index in [0.29, 0.717) is 5.15 Å². The van der Waals surface area contributed by atoms with E-state index in [1.54, 1.807) is 0 Å². The second kappa shape index (κ2) is 4.25. The maximum absolute atomic E-state index is 6.29. The van der Waals surface area contributed by atoms with Crippen molar-refractivity contribution in [2.75, 3.05) is 0 Å². The van der Waals surface area contributed by atoms with Crippen LogP contribution in [0.25, 0.3) is 10.9 Å². The summed E-state index contributed by atoms with van der Waals surface area (Å²) in [5.41, 5.74) is 3.20. The minimum atomic E-state index is 0.00145. The maximum Gasteiger partial charge on any atom is 0.133 e. The van der Waals surface area contributed by atoms with Crippen LogP contribution in [0, 0.1) is 6.92 Å². The van der Waals surface area contributed by atoms with E-state index in [0.717, 1.165) is 26.5 Å². The van der Waals surface area contributed by atoms with Crippen LogP contribution in [-0.4, -0.2) is 4.98 Å². The number of hydrogen-bond acceptors (Lipinski definition) is 1. The molecule has 0 amide bonds. The van der Waals surface area contributed by atoms with E-state index in [-0.39, 0.29) is 5.41 Å². The zero-order chi connectivity index (χ0) is 12.8. The van der Waals surface area contributed by atoms with Gasteiger partial charge in [0.1, 0.15) is 5.15 Å². The first kappa shape index (κ1) is 12.8. The molecule has 0 aliphatic carbocycles. The molecular formula is C14H15BrClN. The molecule has 1 heterocycles. The van der Waals surface area contributed by atoms with E-state index in [4.69, 9.17) is 11.6 Å². The van der Waals surface area contributed by atoms with Gasteiger partial charge in [-0.15, -0.1) is 0 Å². The molecule has 3 heteroatoms. The first-order chi connectivity index (χ1) is 7.80. The number of aromatic nitrogens is 1. The lowest BCUT2D eigenvalue weighted by Gasteiger charge is -2.21. The zero-order valence-corrected chi connectivity index (χ0v) is 12.8. The minimum Gasteiger partial charge on any atom is -0.235 e. The van der Waals surface area contributed by atoms with Crippen LogP contribution in [0.5, 0.6) is 0 Å². The molecule has 1 aromatic carbocycles. The summed E-state index contributed by atoms with van der Waals surface area (Å²) in [5.74, 6) is 0. The van der Waals surface area contributed by atoms with Crippen molar-refractivity contribution < 1.29 is 0 Å². The third kappa shape index (κ3) is 2.34. The van der Waals surface area contributed by atoms with Crippen molar-refractivity contribution in [1.82, 2.24) is 4.98 Å². The van der Waals surface area contributed by atoms with Crippen LogP contribution in [0.1, 0.15) is 31.9 Å². The number of rotatable bonds is 0. The molecule has 1 nitrogen and oxygen atoms in total. The van der Waals surface area contributed by atoms with Gasteiger partial charge in [0, 0.05) is 9.86 Å². The minimum absolute atomic E-state index is 0.00145. The van der Waals surface area contributed by atoms with Gasteiger partial charge in [-0.2, -0.15) is 0 Å². The Balaban J connectivity index is 2.85. The first-order valence-corrected chi connectivity index (χ1v) is 6.73. The molecule has 0 saturated heterocycles. The largest absolute Gasteiger partial charge is 0.235 e. The summed E-state index contributed by atoms with van der Waals surface area (Å²) in [6.45, 7) is 8.48. The quantitative estimate of drug-likeness (QED) is 0.605. The lowest BCUT2D eigenvalue weighted by atomic mass is 9.87. The molecule has 90 valence electrons. The molecule has 0 unspecified atom stereocenters. The summed E-state index contributed by atoms with van der Waals surface area (Å²) in [6.07, 6.45) is 0. The average molecular weight is 313 g/mol. The van der Waals surface area contributed by atoms with Crippen LogP contribution >= 0.6 is 27.5 Å². The monoisotopic (exact) mass is 311 g/mol. The van der Waals surface area contributed by atoms with Gasteiger partial charge in [-0.3, -0.25) is 0 Å². The predicted octanol–water partition coefficient (Wildman–Crippen LogP) is 5.26. The van der Waals surface area contributed by atoms with Crippen molar-refractivity contribution in [1.29, 1.82) is 0 Å². The number of benzene rings is 1. The topological polar surface area (TPSA) is 12.9 Å². The summed E-state index contributed by atoms with van der Waals surface area (Å²) in [7, 11) is 0. The summed E-state index contributed by atoms with van der Waals surface area (Å²) >= 11 is 9.86. The SMILES string of the molecule is Cc1ccc(Br)c2cc(C(C)(C)C)c(Cl)nc12.